The maximum absolute atomic E-state index is 12.3. The van der Waals surface area contributed by atoms with E-state index in [1.165, 1.54) is 25.7 Å². The molecule has 0 bridgehead atoms. The minimum atomic E-state index is -0.0560. The lowest BCUT2D eigenvalue weighted by Gasteiger charge is -2.43. The van der Waals surface area contributed by atoms with E-state index in [1.807, 2.05) is 0 Å². The molecule has 0 N–H and O–H groups in total. The van der Waals surface area contributed by atoms with Crippen molar-refractivity contribution in [3.8, 4) is 0 Å². The highest BCUT2D eigenvalue weighted by Crippen LogP contribution is 2.58. The van der Waals surface area contributed by atoms with Crippen molar-refractivity contribution in [3.63, 3.8) is 0 Å². The predicted molar refractivity (Wildman–Crippen MR) is 95.6 cm³/mol. The Bertz CT molecular complexity index is 418. The summed E-state index contributed by atoms with van der Waals surface area (Å²) in [4.78, 5) is 12.3. The number of hydrogen-bond acceptors (Lipinski definition) is 2. The van der Waals surface area contributed by atoms with Gasteiger partial charge in [-0.05, 0) is 57.8 Å². The van der Waals surface area contributed by atoms with Crippen molar-refractivity contribution < 1.29 is 9.32 Å². The smallest absolute Gasteiger partial charge is 0.136 e. The Morgan fingerprint density at radius 2 is 2.23 bits per heavy atom. The summed E-state index contributed by atoms with van der Waals surface area (Å²) in [6.07, 6.45) is 10.9. The molecular weight excluding hydrogens is 291 g/mol. The second kappa shape index (κ2) is 7.14. The Kier molecular flexibility index (Phi) is 5.89. The van der Waals surface area contributed by atoms with Gasteiger partial charge in [0.05, 0.1) is 5.60 Å². The Hall–Kier alpha value is -0.200. The highest BCUT2D eigenvalue weighted by molar-refractivity contribution is 7.09. The van der Waals surface area contributed by atoms with Gasteiger partial charge >= 0.3 is 0 Å². The maximum Gasteiger partial charge on any atom is 0.136 e. The lowest BCUT2D eigenvalue weighted by molar-refractivity contribution is -0.128. The molecule has 3 heteroatoms. The molecule has 0 aromatic heterocycles. The van der Waals surface area contributed by atoms with Crippen LogP contribution in [0.3, 0.4) is 0 Å². The van der Waals surface area contributed by atoms with Crippen molar-refractivity contribution in [3.05, 3.63) is 12.7 Å². The SMILES string of the molecule is C=C[C@]12CCCC(=O)C1CCC2[C@H](C)CCCC(C)(C)OP. The molecule has 2 rings (SSSR count). The van der Waals surface area contributed by atoms with Crippen LogP contribution in [0.25, 0.3) is 0 Å². The van der Waals surface area contributed by atoms with Crippen LogP contribution in [0.15, 0.2) is 12.7 Å². The van der Waals surface area contributed by atoms with E-state index in [1.54, 1.807) is 0 Å². The molecule has 0 radical (unpaired) electrons. The fourth-order valence-electron chi connectivity index (χ4n) is 5.03. The second-order valence-electron chi connectivity index (χ2n) is 8.12. The van der Waals surface area contributed by atoms with Gasteiger partial charge in [0.25, 0.3) is 0 Å². The lowest BCUT2D eigenvalue weighted by atomic mass is 9.60. The topological polar surface area (TPSA) is 26.3 Å². The van der Waals surface area contributed by atoms with Crippen LogP contribution < -0.4 is 0 Å². The standard InChI is InChI=1S/C19H33O2P/c1-5-19-13-7-9-17(20)16(19)11-10-15(19)14(2)8-6-12-18(3,4)21-22/h5,14-16H,1,6-13,22H2,2-4H3/t14-,15?,16?,19-/m1/s1. The number of fused-ring (bicyclic) bond motifs is 1. The molecule has 2 fully saturated rings. The number of carbonyl (C=O) groups excluding carboxylic acids is 1. The Morgan fingerprint density at radius 1 is 1.50 bits per heavy atom. The summed E-state index contributed by atoms with van der Waals surface area (Å²) in [5.41, 5.74) is 0.0426. The zero-order valence-electron chi connectivity index (χ0n) is 14.6. The van der Waals surface area contributed by atoms with Gasteiger partial charge in [-0.3, -0.25) is 4.79 Å². The number of carbonyl (C=O) groups is 1. The molecule has 5 atom stereocenters. The largest absolute Gasteiger partial charge is 0.360 e. The van der Waals surface area contributed by atoms with Crippen LogP contribution in [0, 0.1) is 23.2 Å². The van der Waals surface area contributed by atoms with E-state index in [-0.39, 0.29) is 16.9 Å². The van der Waals surface area contributed by atoms with Gasteiger partial charge in [-0.1, -0.05) is 25.8 Å². The summed E-state index contributed by atoms with van der Waals surface area (Å²) in [6, 6.07) is 0. The van der Waals surface area contributed by atoms with Crippen LogP contribution in [0.5, 0.6) is 0 Å². The van der Waals surface area contributed by atoms with Crippen LogP contribution in [-0.2, 0) is 9.32 Å². The molecular formula is C19H33O2P. The average Bonchev–Trinajstić information content (AvgIpc) is 2.88. The Morgan fingerprint density at radius 3 is 2.86 bits per heavy atom. The molecule has 2 aliphatic carbocycles. The van der Waals surface area contributed by atoms with E-state index in [4.69, 9.17) is 4.52 Å². The number of rotatable bonds is 7. The fraction of sp³-hybridized carbons (Fsp3) is 0.842. The monoisotopic (exact) mass is 324 g/mol. The minimum Gasteiger partial charge on any atom is -0.360 e. The van der Waals surface area contributed by atoms with Crippen molar-refractivity contribution in [1.29, 1.82) is 0 Å². The van der Waals surface area contributed by atoms with Crippen LogP contribution in [0.1, 0.15) is 72.1 Å². The van der Waals surface area contributed by atoms with Crippen molar-refractivity contribution in [1.82, 2.24) is 0 Å². The Labute approximate surface area is 138 Å². The molecule has 0 aliphatic heterocycles. The van der Waals surface area contributed by atoms with Gasteiger partial charge in [-0.15, -0.1) is 6.58 Å². The van der Waals surface area contributed by atoms with E-state index in [2.05, 4.69) is 42.9 Å². The highest BCUT2D eigenvalue weighted by atomic mass is 31.0. The van der Waals surface area contributed by atoms with E-state index >= 15 is 0 Å². The van der Waals surface area contributed by atoms with Crippen molar-refractivity contribution >= 4 is 15.2 Å². The van der Waals surface area contributed by atoms with Crippen LogP contribution in [-0.4, -0.2) is 11.4 Å². The minimum absolute atomic E-state index is 0.0560. The summed E-state index contributed by atoms with van der Waals surface area (Å²) in [5, 5.41) is 0. The van der Waals surface area contributed by atoms with Crippen LogP contribution in [0.4, 0.5) is 0 Å². The zero-order chi connectivity index (χ0) is 16.4. The van der Waals surface area contributed by atoms with Gasteiger partial charge in [0.1, 0.15) is 5.78 Å². The molecule has 0 saturated heterocycles. The number of Topliss-reactive ketones (excluding diaryl/α,β-unsaturated/α-hetero) is 1. The van der Waals surface area contributed by atoms with Gasteiger partial charge in [0.2, 0.25) is 0 Å². The summed E-state index contributed by atoms with van der Waals surface area (Å²) in [5.74, 6) is 2.06. The number of ketones is 1. The van der Waals surface area contributed by atoms with Gasteiger partial charge in [0.15, 0.2) is 0 Å². The molecule has 2 nitrogen and oxygen atoms in total. The quantitative estimate of drug-likeness (QED) is 0.467. The molecule has 2 saturated carbocycles. The van der Waals surface area contributed by atoms with Gasteiger partial charge in [0, 0.05) is 27.2 Å². The second-order valence-corrected chi connectivity index (χ2v) is 8.36. The summed E-state index contributed by atoms with van der Waals surface area (Å²) in [7, 11) is 2.39. The first-order valence-corrected chi connectivity index (χ1v) is 9.37. The van der Waals surface area contributed by atoms with Crippen molar-refractivity contribution in [2.24, 2.45) is 23.2 Å². The number of hydrogen-bond donors (Lipinski definition) is 0. The molecule has 0 spiro atoms. The molecule has 0 amide bonds. The fourth-order valence-corrected chi connectivity index (χ4v) is 5.14. The van der Waals surface area contributed by atoms with E-state index in [0.717, 1.165) is 25.7 Å². The third-order valence-corrected chi connectivity index (χ3v) is 6.99. The van der Waals surface area contributed by atoms with Crippen molar-refractivity contribution in [2.45, 2.75) is 77.7 Å². The molecule has 2 aliphatic rings. The van der Waals surface area contributed by atoms with Gasteiger partial charge in [-0.25, -0.2) is 0 Å². The van der Waals surface area contributed by atoms with E-state index in [0.29, 0.717) is 17.6 Å². The molecule has 126 valence electrons. The van der Waals surface area contributed by atoms with Gasteiger partial charge < -0.3 is 4.52 Å². The first kappa shape index (κ1) is 18.1. The molecule has 0 aromatic rings. The average molecular weight is 324 g/mol. The number of allylic oxidation sites excluding steroid dienone is 1. The summed E-state index contributed by atoms with van der Waals surface area (Å²) < 4.78 is 5.44. The third-order valence-electron chi connectivity index (χ3n) is 6.35. The van der Waals surface area contributed by atoms with Crippen LogP contribution in [0.2, 0.25) is 0 Å². The first-order valence-electron chi connectivity index (χ1n) is 8.90. The lowest BCUT2D eigenvalue weighted by Crippen LogP contribution is -2.40. The first-order chi connectivity index (χ1) is 10.4. The van der Waals surface area contributed by atoms with Gasteiger partial charge in [-0.2, -0.15) is 0 Å². The Balaban J connectivity index is 1.99. The molecule has 22 heavy (non-hydrogen) atoms. The van der Waals surface area contributed by atoms with E-state index in [9.17, 15) is 4.79 Å². The van der Waals surface area contributed by atoms with E-state index < -0.39 is 0 Å². The molecule has 3 unspecified atom stereocenters. The van der Waals surface area contributed by atoms with Crippen molar-refractivity contribution in [2.75, 3.05) is 0 Å². The summed E-state index contributed by atoms with van der Waals surface area (Å²) >= 11 is 0. The predicted octanol–water partition coefficient (Wildman–Crippen LogP) is 5.33. The molecule has 0 aromatic carbocycles. The maximum atomic E-state index is 12.3. The normalized spacial score (nSPS) is 33.5. The zero-order valence-corrected chi connectivity index (χ0v) is 15.7. The third kappa shape index (κ3) is 3.49. The molecule has 0 heterocycles. The van der Waals surface area contributed by atoms with Crippen LogP contribution >= 0.6 is 9.47 Å². The highest BCUT2D eigenvalue weighted by Gasteiger charge is 2.53. The summed E-state index contributed by atoms with van der Waals surface area (Å²) in [6.45, 7) is 10.8.